The fraction of sp³-hybridized carbons (Fsp3) is 0.800. The molecule has 0 unspecified atom stereocenters. The first-order chi connectivity index (χ1) is 4.20. The summed E-state index contributed by atoms with van der Waals surface area (Å²) in [5, 5.41) is 8.44. The molecule has 1 fully saturated rings. The van der Waals surface area contributed by atoms with Gasteiger partial charge in [0.05, 0.1) is 0 Å². The SMILES string of the molecule is O=C(O)N1CC[C@@H](Br)C1. The first kappa shape index (κ1) is 6.86. The molecule has 0 aromatic heterocycles. The molecule has 1 atom stereocenters. The lowest BCUT2D eigenvalue weighted by atomic mass is 10.4. The van der Waals surface area contributed by atoms with E-state index >= 15 is 0 Å². The quantitative estimate of drug-likeness (QED) is 0.587. The molecule has 1 aliphatic heterocycles. The highest BCUT2D eigenvalue weighted by molar-refractivity contribution is 9.09. The lowest BCUT2D eigenvalue weighted by Gasteiger charge is -2.08. The molecule has 0 radical (unpaired) electrons. The average molecular weight is 194 g/mol. The van der Waals surface area contributed by atoms with Crippen LogP contribution in [0.2, 0.25) is 0 Å². The third-order valence-corrected chi connectivity index (χ3v) is 2.15. The molecule has 0 saturated carbocycles. The zero-order chi connectivity index (χ0) is 6.85. The smallest absolute Gasteiger partial charge is 0.407 e. The van der Waals surface area contributed by atoms with Gasteiger partial charge in [-0.2, -0.15) is 0 Å². The topological polar surface area (TPSA) is 40.5 Å². The Hall–Kier alpha value is -0.250. The molecule has 1 rings (SSSR count). The van der Waals surface area contributed by atoms with Crippen LogP contribution in [0, 0.1) is 0 Å². The lowest BCUT2D eigenvalue weighted by molar-refractivity contribution is 0.156. The van der Waals surface area contributed by atoms with Crippen LogP contribution in [0.25, 0.3) is 0 Å². The number of carboxylic acid groups (broad SMARTS) is 1. The van der Waals surface area contributed by atoms with Gasteiger partial charge in [-0.15, -0.1) is 0 Å². The maximum absolute atomic E-state index is 10.3. The van der Waals surface area contributed by atoms with Crippen LogP contribution in [-0.2, 0) is 0 Å². The van der Waals surface area contributed by atoms with Crippen LogP contribution < -0.4 is 0 Å². The second-order valence-electron chi connectivity index (χ2n) is 2.11. The van der Waals surface area contributed by atoms with Crippen molar-refractivity contribution >= 4 is 22.0 Å². The fourth-order valence-electron chi connectivity index (χ4n) is 0.891. The number of halogens is 1. The largest absolute Gasteiger partial charge is 0.465 e. The molecule has 0 aromatic rings. The first-order valence-electron chi connectivity index (χ1n) is 2.82. The minimum atomic E-state index is -0.808. The van der Waals surface area contributed by atoms with Crippen LogP contribution in [0.5, 0.6) is 0 Å². The van der Waals surface area contributed by atoms with E-state index in [-0.39, 0.29) is 0 Å². The van der Waals surface area contributed by atoms with Crippen LogP contribution in [0.3, 0.4) is 0 Å². The summed E-state index contributed by atoms with van der Waals surface area (Å²) >= 11 is 3.34. The molecular weight excluding hydrogens is 186 g/mol. The number of carbonyl (C=O) groups is 1. The van der Waals surface area contributed by atoms with Gasteiger partial charge in [0.25, 0.3) is 0 Å². The van der Waals surface area contributed by atoms with E-state index in [1.54, 1.807) is 0 Å². The minimum absolute atomic E-state index is 0.369. The Balaban J connectivity index is 2.39. The third-order valence-electron chi connectivity index (χ3n) is 1.40. The van der Waals surface area contributed by atoms with E-state index in [1.807, 2.05) is 0 Å². The van der Waals surface area contributed by atoms with Gasteiger partial charge in [-0.05, 0) is 6.42 Å². The maximum Gasteiger partial charge on any atom is 0.407 e. The van der Waals surface area contributed by atoms with Gasteiger partial charge in [-0.25, -0.2) is 4.79 Å². The summed E-state index contributed by atoms with van der Waals surface area (Å²) in [5.74, 6) is 0. The molecule has 0 aliphatic carbocycles. The number of likely N-dealkylation sites (tertiary alicyclic amines) is 1. The van der Waals surface area contributed by atoms with Gasteiger partial charge in [-0.3, -0.25) is 0 Å². The van der Waals surface area contributed by atoms with E-state index in [0.29, 0.717) is 17.9 Å². The lowest BCUT2D eigenvalue weighted by Crippen LogP contribution is -2.26. The van der Waals surface area contributed by atoms with Crippen LogP contribution in [0.4, 0.5) is 4.79 Å². The Labute approximate surface area is 61.8 Å². The summed E-state index contributed by atoms with van der Waals surface area (Å²) in [4.78, 5) is 12.0. The minimum Gasteiger partial charge on any atom is -0.465 e. The van der Waals surface area contributed by atoms with Crippen LogP contribution >= 0.6 is 15.9 Å². The molecule has 9 heavy (non-hydrogen) atoms. The number of nitrogens with zero attached hydrogens (tertiary/aromatic N) is 1. The van der Waals surface area contributed by atoms with E-state index in [4.69, 9.17) is 5.11 Å². The van der Waals surface area contributed by atoms with E-state index < -0.39 is 6.09 Å². The van der Waals surface area contributed by atoms with Crippen molar-refractivity contribution in [3.63, 3.8) is 0 Å². The van der Waals surface area contributed by atoms with Crippen molar-refractivity contribution in [3.8, 4) is 0 Å². The van der Waals surface area contributed by atoms with Gasteiger partial charge in [-0.1, -0.05) is 15.9 Å². The van der Waals surface area contributed by atoms with Crippen molar-refractivity contribution in [2.24, 2.45) is 0 Å². The van der Waals surface area contributed by atoms with E-state index in [0.717, 1.165) is 6.42 Å². The maximum atomic E-state index is 10.3. The predicted molar refractivity (Wildman–Crippen MR) is 36.9 cm³/mol. The summed E-state index contributed by atoms with van der Waals surface area (Å²) in [5.41, 5.74) is 0. The van der Waals surface area contributed by atoms with Crippen molar-refractivity contribution in [3.05, 3.63) is 0 Å². The molecular formula is C5H8BrNO2. The van der Waals surface area contributed by atoms with Gasteiger partial charge in [0.15, 0.2) is 0 Å². The molecule has 3 nitrogen and oxygen atoms in total. The van der Waals surface area contributed by atoms with Crippen LogP contribution in [-0.4, -0.2) is 34.0 Å². The molecule has 0 bridgehead atoms. The second-order valence-corrected chi connectivity index (χ2v) is 3.41. The first-order valence-corrected chi connectivity index (χ1v) is 3.73. The Bertz CT molecular complexity index is 128. The molecule has 52 valence electrons. The monoisotopic (exact) mass is 193 g/mol. The van der Waals surface area contributed by atoms with Gasteiger partial charge in [0, 0.05) is 17.9 Å². The van der Waals surface area contributed by atoms with E-state index in [9.17, 15) is 4.79 Å². The second kappa shape index (κ2) is 2.56. The van der Waals surface area contributed by atoms with Gasteiger partial charge in [0.1, 0.15) is 0 Å². The Kier molecular flexibility index (Phi) is 1.95. The number of amides is 1. The number of hydrogen-bond donors (Lipinski definition) is 1. The normalized spacial score (nSPS) is 26.8. The highest BCUT2D eigenvalue weighted by Crippen LogP contribution is 2.15. The fourth-order valence-corrected chi connectivity index (χ4v) is 1.45. The molecule has 0 spiro atoms. The third kappa shape index (κ3) is 1.58. The summed E-state index contributed by atoms with van der Waals surface area (Å²) in [6, 6.07) is 0. The molecule has 1 aliphatic rings. The van der Waals surface area contributed by atoms with Gasteiger partial charge < -0.3 is 10.0 Å². The zero-order valence-electron chi connectivity index (χ0n) is 4.88. The van der Waals surface area contributed by atoms with E-state index in [1.165, 1.54) is 4.90 Å². The number of alkyl halides is 1. The number of rotatable bonds is 0. The summed E-state index contributed by atoms with van der Waals surface area (Å²) in [7, 11) is 0. The van der Waals surface area contributed by atoms with Crippen molar-refractivity contribution in [2.45, 2.75) is 11.2 Å². The van der Waals surface area contributed by atoms with Gasteiger partial charge >= 0.3 is 6.09 Å². The molecule has 1 saturated heterocycles. The Morgan fingerprint density at radius 2 is 2.44 bits per heavy atom. The summed E-state index contributed by atoms with van der Waals surface area (Å²) in [6.45, 7) is 1.31. The molecule has 1 heterocycles. The summed E-state index contributed by atoms with van der Waals surface area (Å²) < 4.78 is 0. The van der Waals surface area contributed by atoms with Gasteiger partial charge in [0.2, 0.25) is 0 Å². The van der Waals surface area contributed by atoms with Crippen molar-refractivity contribution in [1.29, 1.82) is 0 Å². The molecule has 1 amide bonds. The van der Waals surface area contributed by atoms with Crippen molar-refractivity contribution < 1.29 is 9.90 Å². The number of hydrogen-bond acceptors (Lipinski definition) is 1. The highest BCUT2D eigenvalue weighted by Gasteiger charge is 2.23. The Morgan fingerprint density at radius 3 is 2.67 bits per heavy atom. The standard InChI is InChI=1S/C5H8BrNO2/c6-4-1-2-7(3-4)5(8)9/h4H,1-3H2,(H,8,9)/t4-/m1/s1. The van der Waals surface area contributed by atoms with Crippen molar-refractivity contribution in [1.82, 2.24) is 4.90 Å². The van der Waals surface area contributed by atoms with Crippen LogP contribution in [0.15, 0.2) is 0 Å². The average Bonchev–Trinajstić information content (AvgIpc) is 2.14. The van der Waals surface area contributed by atoms with Crippen molar-refractivity contribution in [2.75, 3.05) is 13.1 Å². The Morgan fingerprint density at radius 1 is 1.78 bits per heavy atom. The van der Waals surface area contributed by atoms with E-state index in [2.05, 4.69) is 15.9 Å². The predicted octanol–water partition coefficient (Wildman–Crippen LogP) is 1.13. The summed E-state index contributed by atoms with van der Waals surface area (Å²) in [6.07, 6.45) is 0.128. The molecule has 0 aromatic carbocycles. The van der Waals surface area contributed by atoms with Crippen LogP contribution in [0.1, 0.15) is 6.42 Å². The molecule has 1 N–H and O–H groups in total. The zero-order valence-corrected chi connectivity index (χ0v) is 6.47. The highest BCUT2D eigenvalue weighted by atomic mass is 79.9. The molecule has 4 heteroatoms.